The van der Waals surface area contributed by atoms with Crippen molar-refractivity contribution in [1.82, 2.24) is 0 Å². The van der Waals surface area contributed by atoms with E-state index in [-0.39, 0.29) is 0 Å². The number of likely N-dealkylation sites (tertiary alicyclic amines) is 1. The lowest BCUT2D eigenvalue weighted by atomic mass is 10.0. The normalized spacial score (nSPS) is 20.9. The summed E-state index contributed by atoms with van der Waals surface area (Å²) in [5.74, 6) is 0. The fourth-order valence-electron chi connectivity index (χ4n) is 3.58. The maximum Gasteiger partial charge on any atom is 0.500 e. The molecule has 0 bridgehead atoms. The summed E-state index contributed by atoms with van der Waals surface area (Å²) in [7, 11) is 2.73. The van der Waals surface area contributed by atoms with Gasteiger partial charge < -0.3 is 17.8 Å². The first-order chi connectivity index (χ1) is 9.58. The van der Waals surface area contributed by atoms with Gasteiger partial charge in [0.15, 0.2) is 0 Å². The molecule has 4 nitrogen and oxygen atoms in total. The largest absolute Gasteiger partial charge is 0.500 e. The van der Waals surface area contributed by atoms with Crippen molar-refractivity contribution < 1.29 is 17.8 Å². The first-order valence-corrected chi connectivity index (χ1v) is 10.0. The van der Waals surface area contributed by atoms with Gasteiger partial charge in [0, 0.05) is 33.8 Å². The Morgan fingerprint density at radius 1 is 1.00 bits per heavy atom. The minimum Gasteiger partial charge on any atom is -0.377 e. The van der Waals surface area contributed by atoms with E-state index < -0.39 is 8.80 Å². The SMILES string of the molecule is CCC(C)[N+]1(CCC[Si](OC)(OC)OC)CCCCC1. The molecule has 0 saturated carbocycles. The molecule has 1 saturated heterocycles. The molecule has 0 N–H and O–H groups in total. The summed E-state index contributed by atoms with van der Waals surface area (Å²) in [6.45, 7) is 8.66. The first-order valence-electron chi connectivity index (χ1n) is 8.09. The third kappa shape index (κ3) is 4.27. The quantitative estimate of drug-likeness (QED) is 0.484. The van der Waals surface area contributed by atoms with E-state index in [2.05, 4.69) is 13.8 Å². The molecule has 1 aliphatic rings. The molecule has 0 spiro atoms. The van der Waals surface area contributed by atoms with Gasteiger partial charge in [-0.15, -0.1) is 0 Å². The number of rotatable bonds is 9. The van der Waals surface area contributed by atoms with E-state index in [1.54, 1.807) is 21.3 Å². The summed E-state index contributed by atoms with van der Waals surface area (Å²) in [6, 6.07) is 1.69. The van der Waals surface area contributed by atoms with Crippen molar-refractivity contribution in [1.29, 1.82) is 0 Å². The van der Waals surface area contributed by atoms with Crippen molar-refractivity contribution >= 4 is 8.80 Å². The number of nitrogens with zero attached hydrogens (tertiary/aromatic N) is 1. The average Bonchev–Trinajstić information content (AvgIpc) is 2.52. The highest BCUT2D eigenvalue weighted by atomic mass is 28.4. The highest BCUT2D eigenvalue weighted by molar-refractivity contribution is 6.60. The zero-order chi connectivity index (χ0) is 15.1. The van der Waals surface area contributed by atoms with Crippen LogP contribution in [0.3, 0.4) is 0 Å². The maximum atomic E-state index is 5.53. The van der Waals surface area contributed by atoms with E-state index >= 15 is 0 Å². The lowest BCUT2D eigenvalue weighted by Gasteiger charge is -2.46. The molecule has 0 radical (unpaired) electrons. The molecule has 1 aliphatic heterocycles. The van der Waals surface area contributed by atoms with Gasteiger partial charge >= 0.3 is 8.80 Å². The lowest BCUT2D eigenvalue weighted by Crippen LogP contribution is -2.57. The van der Waals surface area contributed by atoms with Crippen molar-refractivity contribution in [2.24, 2.45) is 0 Å². The minimum atomic E-state index is -2.39. The standard InChI is InChI=1S/C15H34NO3Si/c1-6-15(2)16(11-8-7-9-12-16)13-10-14-20(17-3,18-4)19-5/h15H,6-14H2,1-5H3/q+1. The molecule has 1 rings (SSSR count). The summed E-state index contributed by atoms with van der Waals surface area (Å²) in [5, 5.41) is 0. The number of hydrogen-bond acceptors (Lipinski definition) is 3. The van der Waals surface area contributed by atoms with E-state index in [0.29, 0.717) is 0 Å². The Kier molecular flexibility index (Phi) is 7.68. The van der Waals surface area contributed by atoms with Crippen molar-refractivity contribution in [3.63, 3.8) is 0 Å². The van der Waals surface area contributed by atoms with Crippen LogP contribution >= 0.6 is 0 Å². The van der Waals surface area contributed by atoms with Gasteiger partial charge in [-0.05, 0) is 32.6 Å². The van der Waals surface area contributed by atoms with Crippen LogP contribution in [0.1, 0.15) is 46.0 Å². The van der Waals surface area contributed by atoms with Crippen LogP contribution in [0.25, 0.3) is 0 Å². The summed E-state index contributed by atoms with van der Waals surface area (Å²) >= 11 is 0. The molecule has 1 heterocycles. The van der Waals surface area contributed by atoms with Gasteiger partial charge in [-0.25, -0.2) is 0 Å². The predicted octanol–water partition coefficient (Wildman–Crippen LogP) is 3.05. The summed E-state index contributed by atoms with van der Waals surface area (Å²) in [5.41, 5.74) is 0. The summed E-state index contributed by atoms with van der Waals surface area (Å²) in [4.78, 5) is 0. The molecule has 120 valence electrons. The van der Waals surface area contributed by atoms with Crippen LogP contribution in [-0.4, -0.2) is 60.3 Å². The Bertz CT molecular complexity index is 258. The molecule has 20 heavy (non-hydrogen) atoms. The zero-order valence-electron chi connectivity index (χ0n) is 14.1. The van der Waals surface area contributed by atoms with Crippen LogP contribution < -0.4 is 0 Å². The Morgan fingerprint density at radius 2 is 1.55 bits per heavy atom. The van der Waals surface area contributed by atoms with Gasteiger partial charge in [0.25, 0.3) is 0 Å². The fourth-order valence-corrected chi connectivity index (χ4v) is 5.28. The highest BCUT2D eigenvalue weighted by Crippen LogP contribution is 2.27. The van der Waals surface area contributed by atoms with Crippen LogP contribution in [0.2, 0.25) is 6.04 Å². The molecule has 0 aromatic rings. The van der Waals surface area contributed by atoms with Crippen LogP contribution in [0.15, 0.2) is 0 Å². The summed E-state index contributed by atoms with van der Waals surface area (Å²) in [6.07, 6.45) is 6.56. The van der Waals surface area contributed by atoms with Crippen molar-refractivity contribution in [2.75, 3.05) is 41.0 Å². The molecule has 1 atom stereocenters. The van der Waals surface area contributed by atoms with Crippen LogP contribution in [-0.2, 0) is 13.3 Å². The number of piperidine rings is 1. The van der Waals surface area contributed by atoms with Gasteiger partial charge in [0.2, 0.25) is 0 Å². The summed E-state index contributed by atoms with van der Waals surface area (Å²) < 4.78 is 17.9. The third-order valence-electron chi connectivity index (χ3n) is 5.25. The second kappa shape index (κ2) is 8.49. The Hall–Kier alpha value is 0.0569. The van der Waals surface area contributed by atoms with E-state index in [4.69, 9.17) is 13.3 Å². The predicted molar refractivity (Wildman–Crippen MR) is 84.7 cm³/mol. The third-order valence-corrected chi connectivity index (χ3v) is 8.08. The number of quaternary nitrogens is 1. The molecule has 0 aromatic carbocycles. The molecular formula is C15H34NO3Si+. The van der Waals surface area contributed by atoms with Crippen LogP contribution in [0, 0.1) is 0 Å². The molecule has 0 aromatic heterocycles. The molecular weight excluding hydrogens is 270 g/mol. The highest BCUT2D eigenvalue weighted by Gasteiger charge is 2.40. The Morgan fingerprint density at radius 3 is 2.00 bits per heavy atom. The van der Waals surface area contributed by atoms with Crippen LogP contribution in [0.4, 0.5) is 0 Å². The molecule has 0 amide bonds. The van der Waals surface area contributed by atoms with Gasteiger partial charge in [0.1, 0.15) is 0 Å². The van der Waals surface area contributed by atoms with E-state index in [1.165, 1.54) is 49.8 Å². The van der Waals surface area contributed by atoms with E-state index in [9.17, 15) is 0 Å². The first kappa shape index (κ1) is 18.1. The second-order valence-corrected chi connectivity index (χ2v) is 9.20. The minimum absolute atomic E-state index is 0.763. The van der Waals surface area contributed by atoms with Crippen molar-refractivity contribution in [3.05, 3.63) is 0 Å². The van der Waals surface area contributed by atoms with Gasteiger partial charge in [0.05, 0.1) is 25.7 Å². The molecule has 0 aliphatic carbocycles. The topological polar surface area (TPSA) is 27.7 Å². The Balaban J connectivity index is 2.58. The molecule has 1 unspecified atom stereocenters. The molecule has 5 heteroatoms. The lowest BCUT2D eigenvalue weighted by molar-refractivity contribution is -0.953. The van der Waals surface area contributed by atoms with Crippen molar-refractivity contribution in [2.45, 2.75) is 58.0 Å². The van der Waals surface area contributed by atoms with Gasteiger partial charge in [-0.2, -0.15) is 0 Å². The van der Waals surface area contributed by atoms with Gasteiger partial charge in [-0.1, -0.05) is 6.92 Å². The number of hydrogen-bond donors (Lipinski definition) is 0. The van der Waals surface area contributed by atoms with Gasteiger partial charge in [-0.3, -0.25) is 0 Å². The monoisotopic (exact) mass is 304 g/mol. The molecule has 1 fully saturated rings. The van der Waals surface area contributed by atoms with E-state index in [1.807, 2.05) is 0 Å². The average molecular weight is 305 g/mol. The second-order valence-electron chi connectivity index (χ2n) is 6.11. The smallest absolute Gasteiger partial charge is 0.377 e. The van der Waals surface area contributed by atoms with E-state index in [0.717, 1.165) is 18.5 Å². The fraction of sp³-hybridized carbons (Fsp3) is 1.00. The van der Waals surface area contributed by atoms with Crippen LogP contribution in [0.5, 0.6) is 0 Å². The zero-order valence-corrected chi connectivity index (χ0v) is 15.1. The maximum absolute atomic E-state index is 5.53. The van der Waals surface area contributed by atoms with Crippen molar-refractivity contribution in [3.8, 4) is 0 Å². The Labute approximate surface area is 126 Å².